The minimum atomic E-state index is -4.37. The number of amides is 4. The van der Waals surface area contributed by atoms with Crippen LogP contribution in [-0.4, -0.2) is 148 Å². The molecular formula is C58H56N12O12S2. The number of hydrogen-bond acceptors (Lipinski definition) is 14. The number of carbonyl (C=O) groups excluding carboxylic acids is 4. The van der Waals surface area contributed by atoms with Crippen molar-refractivity contribution in [1.29, 1.82) is 0 Å². The van der Waals surface area contributed by atoms with Crippen molar-refractivity contribution in [1.82, 2.24) is 19.6 Å². The number of para-hydroxylation sites is 2. The van der Waals surface area contributed by atoms with Crippen LogP contribution in [0, 0.1) is 0 Å². The van der Waals surface area contributed by atoms with E-state index in [0.29, 0.717) is 60.9 Å². The Bertz CT molecular complexity index is 3910. The summed E-state index contributed by atoms with van der Waals surface area (Å²) >= 11 is 0. The van der Waals surface area contributed by atoms with Crippen LogP contribution < -0.4 is 18.1 Å². The first-order chi connectivity index (χ1) is 40.4. The van der Waals surface area contributed by atoms with E-state index in [1.54, 1.807) is 116 Å². The quantitative estimate of drug-likeness (QED) is 0.0491. The third-order valence-corrected chi connectivity index (χ3v) is 20.0. The molecule has 7 atom stereocenters. The predicted octanol–water partition coefficient (Wildman–Crippen LogP) is 5.96. The molecule has 12 rings (SSSR count). The van der Waals surface area contributed by atoms with Crippen LogP contribution in [0.15, 0.2) is 178 Å². The fraction of sp³-hybridized carbons (Fsp3) is 0.310. The number of sulfonamides is 2. The highest BCUT2D eigenvalue weighted by atomic mass is 32.2. The van der Waals surface area contributed by atoms with Gasteiger partial charge in [0.15, 0.2) is 0 Å². The summed E-state index contributed by atoms with van der Waals surface area (Å²) in [6.07, 6.45) is -3.40. The molecular weight excluding hydrogens is 1120 g/mol. The number of fused-ring (bicyclic) bond motifs is 10. The molecule has 6 aliphatic heterocycles. The molecule has 4 fully saturated rings. The molecule has 6 aromatic rings. The zero-order chi connectivity index (χ0) is 59.3. The summed E-state index contributed by atoms with van der Waals surface area (Å²) in [5.41, 5.74) is 15.3. The molecule has 432 valence electrons. The van der Waals surface area contributed by atoms with E-state index in [1.807, 2.05) is 24.3 Å². The van der Waals surface area contributed by atoms with Gasteiger partial charge in [-0.15, -0.1) is 0 Å². The second-order valence-electron chi connectivity index (χ2n) is 21.0. The molecule has 0 aliphatic carbocycles. The number of ether oxygens (including phenoxy) is 2. The SMILES string of the molecule is CN1C(=O)[C@]2(O)C[C@]3(c4ccc(OCCCN=[N+]=[N-])cc4)c4ccccc4N(S(=O)(=O)c4ccccc4)[C@@H]3N2C(=O)[C@H]1O.CN1CC(=O)N2[C@@H](C[C@]3(c4ccc(OCCCN=[N+]=[N-])cc4)c4ccccc4N(S(=O)(=O)c4ccccc4)[C@H]23)C1=O. The molecule has 6 aromatic carbocycles. The topological polar surface area (TPSA) is 312 Å². The van der Waals surface area contributed by atoms with E-state index in [9.17, 15) is 46.2 Å². The lowest BCUT2D eigenvalue weighted by Gasteiger charge is -2.46. The van der Waals surface area contributed by atoms with Crippen LogP contribution in [0.1, 0.15) is 47.9 Å². The average Bonchev–Trinajstić information content (AvgIpc) is 1.78. The third kappa shape index (κ3) is 8.87. The van der Waals surface area contributed by atoms with Gasteiger partial charge in [-0.05, 0) is 113 Å². The number of benzene rings is 6. The van der Waals surface area contributed by atoms with Gasteiger partial charge in [-0.1, -0.05) is 107 Å². The number of hydrogen-bond donors (Lipinski definition) is 2. The Hall–Kier alpha value is -9.16. The first-order valence-electron chi connectivity index (χ1n) is 26.8. The summed E-state index contributed by atoms with van der Waals surface area (Å²) < 4.78 is 71.4. The fourth-order valence-electron chi connectivity index (χ4n) is 12.9. The first kappa shape index (κ1) is 56.7. The minimum Gasteiger partial charge on any atom is -0.494 e. The van der Waals surface area contributed by atoms with Gasteiger partial charge in [0.05, 0.1) is 51.8 Å². The number of anilines is 2. The number of carbonyl (C=O) groups is 4. The number of likely N-dealkylation sites (N-methyl/N-ethyl adjacent to an activating group) is 2. The molecule has 0 saturated carbocycles. The molecule has 84 heavy (non-hydrogen) atoms. The summed E-state index contributed by atoms with van der Waals surface area (Å²) in [4.78, 5) is 64.4. The minimum absolute atomic E-state index is 0.0472. The van der Waals surface area contributed by atoms with Crippen molar-refractivity contribution in [2.75, 3.05) is 55.6 Å². The standard InChI is InChI=1S/C29H28N6O7S.C29H28N6O5S/c1-33-24(36)25(37)34-26-28(18-29(34,39)27(33)38,19-12-14-20(15-13-19)42-17-7-16-31-32-30)22-10-5-6-11-23(22)35(26)43(40,41)21-8-3-2-4-9-21;1-33-19-26(36)34-25(27(33)37)18-29(20-12-14-21(15-13-20)40-17-7-16-31-32-30)23-10-5-6-11-24(23)35(28(29)34)41(38,39)22-8-3-2-4-9-22/h2-6,8-15,24,26,36,39H,7,16-18H2,1H3;2-6,8-15,25,28H,7,16-19H2,1H3/t24-,26+,28+,29-;25-,28-,29-/m10/s1. The van der Waals surface area contributed by atoms with Gasteiger partial charge in [0.1, 0.15) is 29.9 Å². The van der Waals surface area contributed by atoms with E-state index >= 15 is 0 Å². The second kappa shape index (κ2) is 21.9. The Morgan fingerprint density at radius 2 is 1.06 bits per heavy atom. The Morgan fingerprint density at radius 1 is 0.607 bits per heavy atom. The van der Waals surface area contributed by atoms with E-state index in [2.05, 4.69) is 20.1 Å². The lowest BCUT2D eigenvalue weighted by molar-refractivity contribution is -0.207. The predicted molar refractivity (Wildman–Crippen MR) is 303 cm³/mol. The van der Waals surface area contributed by atoms with Crippen LogP contribution in [0.4, 0.5) is 11.4 Å². The maximum absolute atomic E-state index is 14.4. The molecule has 0 bridgehead atoms. The maximum atomic E-state index is 14.4. The number of piperazine rings is 2. The molecule has 0 unspecified atom stereocenters. The van der Waals surface area contributed by atoms with Crippen molar-refractivity contribution in [3.63, 3.8) is 0 Å². The second-order valence-corrected chi connectivity index (χ2v) is 24.7. The summed E-state index contributed by atoms with van der Waals surface area (Å²) in [6, 6.07) is 43.2. The van der Waals surface area contributed by atoms with E-state index in [1.165, 1.54) is 45.4 Å². The Labute approximate surface area is 483 Å². The largest absolute Gasteiger partial charge is 0.494 e. The summed E-state index contributed by atoms with van der Waals surface area (Å²) in [7, 11) is -5.69. The molecule has 4 amide bonds. The first-order valence-corrected chi connectivity index (χ1v) is 29.7. The zero-order valence-electron chi connectivity index (χ0n) is 45.3. The average molecular weight is 1180 g/mol. The van der Waals surface area contributed by atoms with Gasteiger partial charge in [0.2, 0.25) is 23.8 Å². The van der Waals surface area contributed by atoms with E-state index < -0.39 is 73.0 Å². The molecule has 24 nitrogen and oxygen atoms in total. The molecule has 0 aromatic heterocycles. The Kier molecular flexibility index (Phi) is 14.8. The monoisotopic (exact) mass is 1180 g/mol. The number of nitrogens with zero attached hydrogens (tertiary/aromatic N) is 12. The van der Waals surface area contributed by atoms with Gasteiger partial charge in [-0.25, -0.2) is 25.4 Å². The molecule has 26 heteroatoms. The smallest absolute Gasteiger partial charge is 0.278 e. The highest BCUT2D eigenvalue weighted by Gasteiger charge is 2.75. The number of rotatable bonds is 16. The molecule has 0 spiro atoms. The maximum Gasteiger partial charge on any atom is 0.278 e. The van der Waals surface area contributed by atoms with Crippen LogP contribution in [0.3, 0.4) is 0 Å². The van der Waals surface area contributed by atoms with Gasteiger partial charge in [0, 0.05) is 43.4 Å². The summed E-state index contributed by atoms with van der Waals surface area (Å²) in [6.45, 7) is 1.14. The molecule has 6 aliphatic rings. The Balaban J connectivity index is 0.000000176. The van der Waals surface area contributed by atoms with Crippen molar-refractivity contribution in [3.05, 3.63) is 201 Å². The van der Waals surface area contributed by atoms with Crippen LogP contribution in [0.25, 0.3) is 20.9 Å². The van der Waals surface area contributed by atoms with E-state index in [-0.39, 0.29) is 53.2 Å². The van der Waals surface area contributed by atoms with E-state index in [4.69, 9.17) is 20.5 Å². The van der Waals surface area contributed by atoms with Crippen LogP contribution in [-0.2, 0) is 50.1 Å². The lowest BCUT2D eigenvalue weighted by Crippen LogP contribution is -2.71. The van der Waals surface area contributed by atoms with E-state index in [0.717, 1.165) is 25.2 Å². The number of azide groups is 2. The fourth-order valence-corrected chi connectivity index (χ4v) is 16.2. The van der Waals surface area contributed by atoms with Crippen LogP contribution in [0.5, 0.6) is 11.5 Å². The summed E-state index contributed by atoms with van der Waals surface area (Å²) in [5, 5.41) is 29.7. The Morgan fingerprint density at radius 3 is 1.56 bits per heavy atom. The highest BCUT2D eigenvalue weighted by Crippen LogP contribution is 2.63. The van der Waals surface area contributed by atoms with Crippen LogP contribution >= 0.6 is 0 Å². The lowest BCUT2D eigenvalue weighted by atomic mass is 9.72. The van der Waals surface area contributed by atoms with Crippen molar-refractivity contribution >= 4 is 55.1 Å². The van der Waals surface area contributed by atoms with Gasteiger partial charge in [-0.3, -0.25) is 24.1 Å². The van der Waals surface area contributed by atoms with Gasteiger partial charge in [-0.2, -0.15) is 0 Å². The summed E-state index contributed by atoms with van der Waals surface area (Å²) in [5.74, 6) is -1.35. The van der Waals surface area contributed by atoms with Crippen molar-refractivity contribution < 1.29 is 55.7 Å². The van der Waals surface area contributed by atoms with Crippen LogP contribution in [0.2, 0.25) is 0 Å². The molecule has 6 heterocycles. The number of aliphatic hydroxyl groups is 2. The van der Waals surface area contributed by atoms with Gasteiger partial charge in [0.25, 0.3) is 31.9 Å². The van der Waals surface area contributed by atoms with Crippen molar-refractivity contribution in [2.24, 2.45) is 10.2 Å². The molecule has 4 saturated heterocycles. The van der Waals surface area contributed by atoms with Gasteiger partial charge >= 0.3 is 0 Å². The highest BCUT2D eigenvalue weighted by molar-refractivity contribution is 7.93. The number of aliphatic hydroxyl groups excluding tert-OH is 1. The van der Waals surface area contributed by atoms with Crippen molar-refractivity contribution in [2.45, 2.75) is 76.6 Å². The molecule has 2 N–H and O–H groups in total. The normalized spacial score (nSPS) is 24.6. The zero-order valence-corrected chi connectivity index (χ0v) is 47.0. The third-order valence-electron chi connectivity index (χ3n) is 16.5. The van der Waals surface area contributed by atoms with Crippen molar-refractivity contribution in [3.8, 4) is 11.5 Å². The molecule has 0 radical (unpaired) electrons. The van der Waals surface area contributed by atoms with Gasteiger partial charge < -0.3 is 34.4 Å².